The maximum absolute atomic E-state index is 12.4. The third kappa shape index (κ3) is 5.54. The molecule has 0 aromatic heterocycles. The van der Waals surface area contributed by atoms with E-state index in [1.807, 2.05) is 68.4 Å². The van der Waals surface area contributed by atoms with E-state index in [0.717, 1.165) is 16.8 Å². The Hall–Kier alpha value is -3.93. The smallest absolute Gasteiger partial charge is 0.271 e. The molecule has 0 saturated heterocycles. The van der Waals surface area contributed by atoms with Crippen LogP contribution in [-0.4, -0.2) is 32.1 Å². The normalized spacial score (nSPS) is 10.6. The van der Waals surface area contributed by atoms with Crippen LogP contribution in [0.15, 0.2) is 77.9 Å². The molecule has 2 amide bonds. The second-order valence-electron chi connectivity index (χ2n) is 7.09. The second kappa shape index (κ2) is 9.52. The van der Waals surface area contributed by atoms with Crippen LogP contribution in [0.25, 0.3) is 0 Å². The highest BCUT2D eigenvalue weighted by Crippen LogP contribution is 2.14. The largest absolute Gasteiger partial charge is 0.378 e. The molecule has 30 heavy (non-hydrogen) atoms. The Morgan fingerprint density at radius 3 is 2.20 bits per heavy atom. The number of nitrogens with one attached hydrogen (secondary N) is 2. The van der Waals surface area contributed by atoms with Gasteiger partial charge in [-0.2, -0.15) is 5.10 Å². The molecular weight excluding hydrogens is 376 g/mol. The number of hydrogen-bond donors (Lipinski definition) is 2. The molecule has 0 bridgehead atoms. The number of hydrazone groups is 1. The lowest BCUT2D eigenvalue weighted by atomic mass is 10.1. The summed E-state index contributed by atoms with van der Waals surface area (Å²) in [5.41, 5.74) is 6.98. The summed E-state index contributed by atoms with van der Waals surface area (Å²) in [6, 6.07) is 21.9. The van der Waals surface area contributed by atoms with Gasteiger partial charge in [-0.05, 0) is 55.0 Å². The molecule has 0 unspecified atom stereocenters. The summed E-state index contributed by atoms with van der Waals surface area (Å²) in [4.78, 5) is 26.8. The summed E-state index contributed by atoms with van der Waals surface area (Å²) in [7, 11) is 3.95. The number of rotatable bonds is 6. The number of carbonyl (C=O) groups is 2. The molecule has 2 N–H and O–H groups in total. The molecule has 6 heteroatoms. The summed E-state index contributed by atoms with van der Waals surface area (Å²) in [6.45, 7) is 1.93. The number of aryl methyl sites for hydroxylation is 1. The van der Waals surface area contributed by atoms with Crippen molar-refractivity contribution in [2.75, 3.05) is 24.3 Å². The Balaban J connectivity index is 1.62. The average Bonchev–Trinajstić information content (AvgIpc) is 2.74. The van der Waals surface area contributed by atoms with E-state index in [0.29, 0.717) is 16.8 Å². The topological polar surface area (TPSA) is 73.8 Å². The molecule has 6 nitrogen and oxygen atoms in total. The number of anilines is 2. The van der Waals surface area contributed by atoms with Crippen LogP contribution in [0.3, 0.4) is 0 Å². The molecule has 0 aliphatic rings. The Bertz CT molecular complexity index is 1070. The van der Waals surface area contributed by atoms with E-state index in [9.17, 15) is 9.59 Å². The summed E-state index contributed by atoms with van der Waals surface area (Å²) in [5.74, 6) is -0.585. The fourth-order valence-electron chi connectivity index (χ4n) is 2.82. The van der Waals surface area contributed by atoms with E-state index < -0.39 is 0 Å². The van der Waals surface area contributed by atoms with Gasteiger partial charge in [-0.1, -0.05) is 35.9 Å². The quantitative estimate of drug-likeness (QED) is 0.484. The van der Waals surface area contributed by atoms with Gasteiger partial charge in [-0.15, -0.1) is 0 Å². The van der Waals surface area contributed by atoms with Crippen LogP contribution in [-0.2, 0) is 0 Å². The fraction of sp³-hybridized carbons (Fsp3) is 0.125. The summed E-state index contributed by atoms with van der Waals surface area (Å²) < 4.78 is 0. The van der Waals surface area contributed by atoms with Crippen molar-refractivity contribution in [1.29, 1.82) is 0 Å². The maximum Gasteiger partial charge on any atom is 0.271 e. The van der Waals surface area contributed by atoms with Crippen LogP contribution < -0.4 is 15.6 Å². The minimum atomic E-state index is -0.359. The predicted molar refractivity (Wildman–Crippen MR) is 121 cm³/mol. The summed E-state index contributed by atoms with van der Waals surface area (Å²) in [6.07, 6.45) is 1.58. The van der Waals surface area contributed by atoms with E-state index >= 15 is 0 Å². The van der Waals surface area contributed by atoms with Gasteiger partial charge in [-0.3, -0.25) is 9.59 Å². The van der Waals surface area contributed by atoms with Crippen molar-refractivity contribution in [3.8, 4) is 0 Å². The van der Waals surface area contributed by atoms with Crippen molar-refractivity contribution in [1.82, 2.24) is 5.43 Å². The Morgan fingerprint density at radius 1 is 0.867 bits per heavy atom. The van der Waals surface area contributed by atoms with E-state index in [1.165, 1.54) is 0 Å². The van der Waals surface area contributed by atoms with Gasteiger partial charge in [0.05, 0.1) is 6.21 Å². The summed E-state index contributed by atoms with van der Waals surface area (Å²) in [5, 5.41) is 6.83. The molecule has 3 aromatic rings. The zero-order valence-electron chi connectivity index (χ0n) is 17.2. The highest BCUT2D eigenvalue weighted by atomic mass is 16.2. The zero-order valence-corrected chi connectivity index (χ0v) is 17.2. The molecule has 152 valence electrons. The van der Waals surface area contributed by atoms with Gasteiger partial charge in [0.25, 0.3) is 11.8 Å². The Kier molecular flexibility index (Phi) is 6.60. The lowest BCUT2D eigenvalue weighted by Crippen LogP contribution is -2.18. The molecule has 0 spiro atoms. The Morgan fingerprint density at radius 2 is 1.53 bits per heavy atom. The van der Waals surface area contributed by atoms with Crippen LogP contribution in [0, 0.1) is 6.92 Å². The fourth-order valence-corrected chi connectivity index (χ4v) is 2.82. The molecule has 0 aliphatic carbocycles. The molecular formula is C24H24N4O2. The van der Waals surface area contributed by atoms with Gasteiger partial charge in [0, 0.05) is 36.6 Å². The molecule has 3 aromatic carbocycles. The minimum Gasteiger partial charge on any atom is -0.378 e. The third-order valence-electron chi connectivity index (χ3n) is 4.45. The second-order valence-corrected chi connectivity index (χ2v) is 7.09. The number of carbonyl (C=O) groups excluding carboxylic acids is 2. The van der Waals surface area contributed by atoms with Gasteiger partial charge in [0.2, 0.25) is 0 Å². The number of amides is 2. The first kappa shape index (κ1) is 20.8. The van der Waals surface area contributed by atoms with E-state index in [-0.39, 0.29) is 11.8 Å². The van der Waals surface area contributed by atoms with Crippen LogP contribution in [0.2, 0.25) is 0 Å². The molecule has 0 saturated carbocycles. The van der Waals surface area contributed by atoms with Crippen molar-refractivity contribution >= 4 is 29.4 Å². The van der Waals surface area contributed by atoms with Crippen molar-refractivity contribution in [2.24, 2.45) is 5.10 Å². The number of hydrogen-bond acceptors (Lipinski definition) is 4. The van der Waals surface area contributed by atoms with E-state index in [2.05, 4.69) is 15.8 Å². The number of nitrogens with zero attached hydrogens (tertiary/aromatic N) is 2. The van der Waals surface area contributed by atoms with Gasteiger partial charge in [-0.25, -0.2) is 5.43 Å². The van der Waals surface area contributed by atoms with Crippen LogP contribution >= 0.6 is 0 Å². The van der Waals surface area contributed by atoms with Crippen molar-refractivity contribution < 1.29 is 9.59 Å². The van der Waals surface area contributed by atoms with Crippen molar-refractivity contribution in [3.05, 3.63) is 95.1 Å². The highest BCUT2D eigenvalue weighted by Gasteiger charge is 2.09. The van der Waals surface area contributed by atoms with Gasteiger partial charge in [0.15, 0.2) is 0 Å². The number of benzene rings is 3. The highest BCUT2D eigenvalue weighted by molar-refractivity contribution is 6.05. The van der Waals surface area contributed by atoms with E-state index in [1.54, 1.807) is 36.5 Å². The van der Waals surface area contributed by atoms with Crippen LogP contribution in [0.4, 0.5) is 11.4 Å². The average molecular weight is 400 g/mol. The van der Waals surface area contributed by atoms with Crippen LogP contribution in [0.1, 0.15) is 31.8 Å². The third-order valence-corrected chi connectivity index (χ3v) is 4.45. The Labute approximate surface area is 176 Å². The lowest BCUT2D eigenvalue weighted by Gasteiger charge is -2.11. The standard InChI is InChI=1S/C24H24N4O2/c1-17-6-4-7-19(14-17)23(29)26-21-9-5-8-20(15-21)24(30)27-25-16-18-10-12-22(13-11-18)28(2)3/h4-16H,1-3H3,(H,26,29)(H,27,30)/b25-16+. The maximum atomic E-state index is 12.4. The summed E-state index contributed by atoms with van der Waals surface area (Å²) >= 11 is 0. The van der Waals surface area contributed by atoms with Gasteiger partial charge < -0.3 is 10.2 Å². The molecule has 0 aliphatic heterocycles. The predicted octanol–water partition coefficient (Wildman–Crippen LogP) is 4.08. The van der Waals surface area contributed by atoms with E-state index in [4.69, 9.17) is 0 Å². The monoisotopic (exact) mass is 400 g/mol. The van der Waals surface area contributed by atoms with Gasteiger partial charge in [0.1, 0.15) is 0 Å². The zero-order chi connectivity index (χ0) is 21.5. The van der Waals surface area contributed by atoms with Crippen LogP contribution in [0.5, 0.6) is 0 Å². The van der Waals surface area contributed by atoms with Gasteiger partial charge >= 0.3 is 0 Å². The molecule has 0 atom stereocenters. The SMILES string of the molecule is Cc1cccc(C(=O)Nc2cccc(C(=O)N/N=C/c3ccc(N(C)C)cc3)c2)c1. The minimum absolute atomic E-state index is 0.226. The molecule has 0 fully saturated rings. The first-order valence-electron chi connectivity index (χ1n) is 9.51. The molecule has 3 rings (SSSR count). The lowest BCUT2D eigenvalue weighted by molar-refractivity contribution is 0.0953. The molecule has 0 radical (unpaired) electrons. The first-order valence-corrected chi connectivity index (χ1v) is 9.51. The van der Waals surface area contributed by atoms with Crippen molar-refractivity contribution in [2.45, 2.75) is 6.92 Å². The first-order chi connectivity index (χ1) is 14.4. The van der Waals surface area contributed by atoms with Crippen molar-refractivity contribution in [3.63, 3.8) is 0 Å². The molecule has 0 heterocycles.